The highest BCUT2D eigenvalue weighted by molar-refractivity contribution is 5.85. The number of carbonyl (C=O) groups excluding carboxylic acids is 1. The summed E-state index contributed by atoms with van der Waals surface area (Å²) in [5.74, 6) is -0.108. The monoisotopic (exact) mass is 234 g/mol. The van der Waals surface area contributed by atoms with Crippen LogP contribution in [0.1, 0.15) is 32.1 Å². The van der Waals surface area contributed by atoms with Crippen molar-refractivity contribution in [3.8, 4) is 6.07 Å². The van der Waals surface area contributed by atoms with Crippen LogP contribution in [0.3, 0.4) is 0 Å². The first-order valence-corrected chi connectivity index (χ1v) is 6.22. The van der Waals surface area contributed by atoms with Gasteiger partial charge in [-0.2, -0.15) is 5.26 Å². The number of rotatable bonds is 2. The largest absolute Gasteiger partial charge is 0.381 e. The second-order valence-electron chi connectivity index (χ2n) is 4.76. The first kappa shape index (κ1) is 12.1. The van der Waals surface area contributed by atoms with E-state index < -0.39 is 5.41 Å². The summed E-state index contributed by atoms with van der Waals surface area (Å²) in [4.78, 5) is 12.2. The predicted octanol–water partition coefficient (Wildman–Crippen LogP) is 1.53. The highest BCUT2D eigenvalue weighted by Crippen LogP contribution is 2.30. The standard InChI is InChI=1S/C13H18N2O2/c14-10-13(6-8-17-9-7-13)12(16)15-11-4-2-1-3-5-11/h1-2,11H,3-9H2,(H,15,16). The molecule has 0 bridgehead atoms. The van der Waals surface area contributed by atoms with Gasteiger partial charge in [-0.05, 0) is 32.1 Å². The normalized spacial score (nSPS) is 27.1. The minimum atomic E-state index is -0.862. The molecule has 1 amide bonds. The maximum absolute atomic E-state index is 12.2. The van der Waals surface area contributed by atoms with E-state index in [2.05, 4.69) is 23.5 Å². The van der Waals surface area contributed by atoms with Crippen molar-refractivity contribution in [3.63, 3.8) is 0 Å². The Morgan fingerprint density at radius 2 is 2.18 bits per heavy atom. The van der Waals surface area contributed by atoms with Gasteiger partial charge >= 0.3 is 0 Å². The van der Waals surface area contributed by atoms with E-state index in [-0.39, 0.29) is 11.9 Å². The molecule has 4 heteroatoms. The summed E-state index contributed by atoms with van der Waals surface area (Å²) >= 11 is 0. The Kier molecular flexibility index (Phi) is 3.80. The summed E-state index contributed by atoms with van der Waals surface area (Å²) in [5, 5.41) is 12.3. The van der Waals surface area contributed by atoms with E-state index in [1.807, 2.05) is 0 Å². The van der Waals surface area contributed by atoms with Crippen LogP contribution < -0.4 is 5.32 Å². The second-order valence-corrected chi connectivity index (χ2v) is 4.76. The Labute approximate surface area is 102 Å². The zero-order valence-corrected chi connectivity index (χ0v) is 9.95. The summed E-state index contributed by atoms with van der Waals surface area (Å²) in [6.45, 7) is 1.01. The van der Waals surface area contributed by atoms with Crippen LogP contribution in [-0.4, -0.2) is 25.2 Å². The summed E-state index contributed by atoms with van der Waals surface area (Å²) in [6.07, 6.45) is 8.11. The predicted molar refractivity (Wildman–Crippen MR) is 63.0 cm³/mol. The average molecular weight is 234 g/mol. The molecule has 0 saturated carbocycles. The quantitative estimate of drug-likeness (QED) is 0.737. The van der Waals surface area contributed by atoms with Crippen molar-refractivity contribution in [2.24, 2.45) is 5.41 Å². The number of hydrogen-bond donors (Lipinski definition) is 1. The van der Waals surface area contributed by atoms with Crippen molar-refractivity contribution in [2.75, 3.05) is 13.2 Å². The van der Waals surface area contributed by atoms with Crippen molar-refractivity contribution in [2.45, 2.75) is 38.1 Å². The molecule has 0 radical (unpaired) electrons. The van der Waals surface area contributed by atoms with E-state index in [0.29, 0.717) is 26.1 Å². The number of ether oxygens (including phenoxy) is 1. The zero-order valence-electron chi connectivity index (χ0n) is 9.95. The fraction of sp³-hybridized carbons (Fsp3) is 0.692. The highest BCUT2D eigenvalue weighted by atomic mass is 16.5. The average Bonchev–Trinajstić information content (AvgIpc) is 2.40. The van der Waals surface area contributed by atoms with Gasteiger partial charge in [0, 0.05) is 19.3 Å². The highest BCUT2D eigenvalue weighted by Gasteiger charge is 2.41. The molecular weight excluding hydrogens is 216 g/mol. The van der Waals surface area contributed by atoms with E-state index in [0.717, 1.165) is 19.3 Å². The van der Waals surface area contributed by atoms with Crippen molar-refractivity contribution in [3.05, 3.63) is 12.2 Å². The fourth-order valence-corrected chi connectivity index (χ4v) is 2.36. The van der Waals surface area contributed by atoms with Gasteiger partial charge in [0.05, 0.1) is 6.07 Å². The smallest absolute Gasteiger partial charge is 0.240 e. The third-order valence-corrected chi connectivity index (χ3v) is 3.60. The maximum Gasteiger partial charge on any atom is 0.240 e. The lowest BCUT2D eigenvalue weighted by atomic mass is 9.80. The molecule has 0 aromatic rings. The van der Waals surface area contributed by atoms with Gasteiger partial charge in [-0.15, -0.1) is 0 Å². The number of allylic oxidation sites excluding steroid dienone is 1. The zero-order chi connectivity index (χ0) is 12.1. The van der Waals surface area contributed by atoms with Crippen LogP contribution in [-0.2, 0) is 9.53 Å². The van der Waals surface area contributed by atoms with Gasteiger partial charge in [-0.3, -0.25) is 4.79 Å². The molecule has 1 aliphatic heterocycles. The molecule has 0 aromatic carbocycles. The van der Waals surface area contributed by atoms with E-state index >= 15 is 0 Å². The first-order valence-electron chi connectivity index (χ1n) is 6.22. The Hall–Kier alpha value is -1.34. The number of nitriles is 1. The lowest BCUT2D eigenvalue weighted by Gasteiger charge is -2.31. The molecule has 1 aliphatic carbocycles. The van der Waals surface area contributed by atoms with Gasteiger partial charge in [0.25, 0.3) is 0 Å². The van der Waals surface area contributed by atoms with Crippen LogP contribution in [0.25, 0.3) is 0 Å². The lowest BCUT2D eigenvalue weighted by Crippen LogP contribution is -2.47. The van der Waals surface area contributed by atoms with Gasteiger partial charge in [0.15, 0.2) is 0 Å². The minimum absolute atomic E-state index is 0.108. The van der Waals surface area contributed by atoms with Crippen LogP contribution in [0.4, 0.5) is 0 Å². The van der Waals surface area contributed by atoms with Crippen molar-refractivity contribution >= 4 is 5.91 Å². The van der Waals surface area contributed by atoms with Gasteiger partial charge in [0.1, 0.15) is 5.41 Å². The molecule has 2 aliphatic rings. The van der Waals surface area contributed by atoms with E-state index in [1.165, 1.54) is 0 Å². The number of amides is 1. The Morgan fingerprint density at radius 3 is 2.76 bits per heavy atom. The van der Waals surface area contributed by atoms with Crippen molar-refractivity contribution in [1.29, 1.82) is 5.26 Å². The Morgan fingerprint density at radius 1 is 1.41 bits per heavy atom. The van der Waals surface area contributed by atoms with E-state index in [1.54, 1.807) is 0 Å². The van der Waals surface area contributed by atoms with Crippen molar-refractivity contribution in [1.82, 2.24) is 5.32 Å². The fourth-order valence-electron chi connectivity index (χ4n) is 2.36. The molecule has 2 rings (SSSR count). The Bertz CT molecular complexity index is 351. The number of nitrogens with zero attached hydrogens (tertiary/aromatic N) is 1. The van der Waals surface area contributed by atoms with Crippen LogP contribution in [0.15, 0.2) is 12.2 Å². The van der Waals surface area contributed by atoms with Crippen LogP contribution in [0.5, 0.6) is 0 Å². The lowest BCUT2D eigenvalue weighted by molar-refractivity contribution is -0.133. The third-order valence-electron chi connectivity index (χ3n) is 3.60. The molecule has 0 spiro atoms. The molecule has 1 heterocycles. The summed E-state index contributed by atoms with van der Waals surface area (Å²) in [6, 6.07) is 2.39. The van der Waals surface area contributed by atoms with Crippen LogP contribution >= 0.6 is 0 Å². The maximum atomic E-state index is 12.2. The van der Waals surface area contributed by atoms with Crippen LogP contribution in [0.2, 0.25) is 0 Å². The molecule has 92 valence electrons. The van der Waals surface area contributed by atoms with E-state index in [9.17, 15) is 10.1 Å². The molecule has 1 N–H and O–H groups in total. The van der Waals surface area contributed by atoms with Gasteiger partial charge in [0.2, 0.25) is 5.91 Å². The Balaban J connectivity index is 1.97. The molecule has 0 aromatic heterocycles. The number of hydrogen-bond acceptors (Lipinski definition) is 3. The molecule has 17 heavy (non-hydrogen) atoms. The number of carbonyl (C=O) groups is 1. The molecule has 1 saturated heterocycles. The summed E-state index contributed by atoms with van der Waals surface area (Å²) in [5.41, 5.74) is -0.862. The SMILES string of the molecule is N#CC1(C(=O)NC2CC=CCC2)CCOCC1. The van der Waals surface area contributed by atoms with Gasteiger partial charge in [-0.1, -0.05) is 12.2 Å². The summed E-state index contributed by atoms with van der Waals surface area (Å²) < 4.78 is 5.22. The number of nitrogens with one attached hydrogen (secondary N) is 1. The van der Waals surface area contributed by atoms with Gasteiger partial charge in [-0.25, -0.2) is 0 Å². The first-order chi connectivity index (χ1) is 8.27. The van der Waals surface area contributed by atoms with Gasteiger partial charge < -0.3 is 10.1 Å². The van der Waals surface area contributed by atoms with Crippen molar-refractivity contribution < 1.29 is 9.53 Å². The summed E-state index contributed by atoms with van der Waals surface area (Å²) in [7, 11) is 0. The molecule has 1 fully saturated rings. The minimum Gasteiger partial charge on any atom is -0.381 e. The van der Waals surface area contributed by atoms with E-state index in [4.69, 9.17) is 4.74 Å². The molecule has 1 unspecified atom stereocenters. The molecule has 1 atom stereocenters. The molecular formula is C13H18N2O2. The second kappa shape index (κ2) is 5.33. The third kappa shape index (κ3) is 2.67. The van der Waals surface area contributed by atoms with Crippen LogP contribution in [0, 0.1) is 16.7 Å². The molecule has 4 nitrogen and oxygen atoms in total. The topological polar surface area (TPSA) is 62.1 Å².